The van der Waals surface area contributed by atoms with Gasteiger partial charge in [-0.2, -0.15) is 11.8 Å². The van der Waals surface area contributed by atoms with Crippen LogP contribution in [0.3, 0.4) is 0 Å². The normalized spacial score (nSPS) is 15.6. The molecule has 5 atom stereocenters. The van der Waals surface area contributed by atoms with E-state index >= 15 is 0 Å². The minimum atomic E-state index is -1.16. The lowest BCUT2D eigenvalue weighted by Gasteiger charge is -2.25. The second-order valence-corrected chi connectivity index (χ2v) is 8.31. The van der Waals surface area contributed by atoms with E-state index in [1.165, 1.54) is 18.7 Å². The molecule has 3 amide bonds. The number of carboxylic acids is 2. The summed E-state index contributed by atoms with van der Waals surface area (Å²) < 4.78 is 0. The molecule has 0 saturated heterocycles. The highest BCUT2D eigenvalue weighted by Crippen LogP contribution is 2.09. The van der Waals surface area contributed by atoms with Gasteiger partial charge in [-0.05, 0) is 37.7 Å². The van der Waals surface area contributed by atoms with E-state index in [-0.39, 0.29) is 25.2 Å². The van der Waals surface area contributed by atoms with Crippen molar-refractivity contribution < 1.29 is 34.2 Å². The van der Waals surface area contributed by atoms with Crippen molar-refractivity contribution in [2.75, 3.05) is 12.0 Å². The fourth-order valence-electron chi connectivity index (χ4n) is 2.53. The van der Waals surface area contributed by atoms with Gasteiger partial charge in [0.1, 0.15) is 18.1 Å². The van der Waals surface area contributed by atoms with Gasteiger partial charge in [-0.3, -0.25) is 19.2 Å². The van der Waals surface area contributed by atoms with Crippen molar-refractivity contribution in [1.82, 2.24) is 16.0 Å². The number of hydrogen-bond acceptors (Lipinski definition) is 7. The third-order valence-electron chi connectivity index (χ3n) is 4.78. The fourth-order valence-corrected chi connectivity index (χ4v) is 3.01. The quantitative estimate of drug-likeness (QED) is 0.187. The summed E-state index contributed by atoms with van der Waals surface area (Å²) in [5.74, 6) is -3.95. The summed E-state index contributed by atoms with van der Waals surface area (Å²) in [5, 5.41) is 25.4. The van der Waals surface area contributed by atoms with Crippen LogP contribution in [0.25, 0.3) is 0 Å². The van der Waals surface area contributed by atoms with Crippen LogP contribution in [-0.4, -0.2) is 76.0 Å². The third kappa shape index (κ3) is 11.0. The lowest BCUT2D eigenvalue weighted by atomic mass is 9.98. The molecule has 0 saturated carbocycles. The molecule has 31 heavy (non-hydrogen) atoms. The number of nitrogens with two attached hydrogens (primary N) is 1. The van der Waals surface area contributed by atoms with E-state index in [1.807, 2.05) is 13.2 Å². The number of amides is 3. The predicted molar refractivity (Wildman–Crippen MR) is 116 cm³/mol. The number of hydrogen-bond donors (Lipinski definition) is 6. The Hall–Kier alpha value is -2.34. The monoisotopic (exact) mass is 462 g/mol. The number of aliphatic carboxylic acids is 2. The van der Waals surface area contributed by atoms with Crippen LogP contribution in [0.4, 0.5) is 0 Å². The molecule has 11 nitrogen and oxygen atoms in total. The van der Waals surface area contributed by atoms with Crippen LogP contribution in [0.2, 0.25) is 0 Å². The SMILES string of the molecule is CCC(C)C(NC(=O)C(CCSC)NC(=O)C(C)NC(=O)C(N)CCC(=O)O)C(=O)O. The minimum Gasteiger partial charge on any atom is -0.481 e. The Labute approximate surface area is 186 Å². The van der Waals surface area contributed by atoms with Crippen LogP contribution in [0.5, 0.6) is 0 Å². The molecule has 12 heteroatoms. The van der Waals surface area contributed by atoms with Crippen molar-refractivity contribution in [2.24, 2.45) is 11.7 Å². The van der Waals surface area contributed by atoms with Crippen LogP contribution < -0.4 is 21.7 Å². The average Bonchev–Trinajstić information content (AvgIpc) is 2.71. The molecule has 0 aromatic carbocycles. The molecular weight excluding hydrogens is 428 g/mol. The standard InChI is InChI=1S/C19H34N4O7S/c1-5-10(2)15(19(29)30)23-18(28)13(8-9-31-4)22-16(26)11(3)21-17(27)12(20)6-7-14(24)25/h10-13,15H,5-9,20H2,1-4H3,(H,21,27)(H,22,26)(H,23,28)(H,24,25)(H,29,30). The van der Waals surface area contributed by atoms with Gasteiger partial charge in [0.2, 0.25) is 17.7 Å². The number of thioether (sulfide) groups is 1. The lowest BCUT2D eigenvalue weighted by Crippen LogP contribution is -2.57. The zero-order valence-corrected chi connectivity index (χ0v) is 19.2. The Balaban J connectivity index is 5.06. The Morgan fingerprint density at radius 2 is 1.55 bits per heavy atom. The zero-order chi connectivity index (χ0) is 24.1. The summed E-state index contributed by atoms with van der Waals surface area (Å²) in [6.07, 6.45) is 2.28. The number of rotatable bonds is 15. The number of nitrogens with one attached hydrogen (secondary N) is 3. The molecule has 0 aliphatic heterocycles. The first-order valence-corrected chi connectivity index (χ1v) is 11.4. The van der Waals surface area contributed by atoms with Gasteiger partial charge < -0.3 is 31.9 Å². The molecule has 0 bridgehead atoms. The molecule has 0 aliphatic carbocycles. The predicted octanol–water partition coefficient (Wildman–Crippen LogP) is -0.463. The van der Waals surface area contributed by atoms with E-state index in [9.17, 15) is 29.1 Å². The first-order valence-electron chi connectivity index (χ1n) is 10.0. The van der Waals surface area contributed by atoms with E-state index < -0.39 is 53.8 Å². The second kappa shape index (κ2) is 14.6. The highest BCUT2D eigenvalue weighted by Gasteiger charge is 2.30. The maximum atomic E-state index is 12.7. The number of carbonyl (C=O) groups excluding carboxylic acids is 3. The van der Waals surface area contributed by atoms with E-state index in [4.69, 9.17) is 10.8 Å². The zero-order valence-electron chi connectivity index (χ0n) is 18.3. The fraction of sp³-hybridized carbons (Fsp3) is 0.737. The van der Waals surface area contributed by atoms with Crippen molar-refractivity contribution in [3.8, 4) is 0 Å². The maximum Gasteiger partial charge on any atom is 0.326 e. The molecule has 0 aliphatic rings. The van der Waals surface area contributed by atoms with Crippen LogP contribution in [0, 0.1) is 5.92 Å². The van der Waals surface area contributed by atoms with Gasteiger partial charge in [0.05, 0.1) is 6.04 Å². The van der Waals surface area contributed by atoms with Gasteiger partial charge in [0, 0.05) is 6.42 Å². The molecule has 7 N–H and O–H groups in total. The minimum absolute atomic E-state index is 0.0829. The number of carboxylic acid groups (broad SMARTS) is 2. The van der Waals surface area contributed by atoms with Crippen molar-refractivity contribution >= 4 is 41.4 Å². The van der Waals surface area contributed by atoms with E-state index in [0.717, 1.165) is 0 Å². The lowest BCUT2D eigenvalue weighted by molar-refractivity contribution is -0.144. The summed E-state index contributed by atoms with van der Waals surface area (Å²) >= 11 is 1.46. The van der Waals surface area contributed by atoms with Gasteiger partial charge in [0.15, 0.2) is 0 Å². The summed E-state index contributed by atoms with van der Waals surface area (Å²) in [4.78, 5) is 59.2. The molecule has 0 rings (SSSR count). The van der Waals surface area contributed by atoms with Gasteiger partial charge in [0.25, 0.3) is 0 Å². The van der Waals surface area contributed by atoms with E-state index in [2.05, 4.69) is 16.0 Å². The highest BCUT2D eigenvalue weighted by atomic mass is 32.2. The van der Waals surface area contributed by atoms with Crippen molar-refractivity contribution in [3.63, 3.8) is 0 Å². The van der Waals surface area contributed by atoms with Gasteiger partial charge in [-0.15, -0.1) is 0 Å². The summed E-state index contributed by atoms with van der Waals surface area (Å²) in [7, 11) is 0. The summed E-state index contributed by atoms with van der Waals surface area (Å²) in [6, 6.07) is -4.19. The largest absolute Gasteiger partial charge is 0.481 e. The summed E-state index contributed by atoms with van der Waals surface area (Å²) in [5.41, 5.74) is 5.62. The Kier molecular flexibility index (Phi) is 13.5. The Morgan fingerprint density at radius 3 is 2.03 bits per heavy atom. The van der Waals surface area contributed by atoms with Crippen molar-refractivity contribution in [2.45, 2.75) is 70.6 Å². The van der Waals surface area contributed by atoms with E-state index in [0.29, 0.717) is 12.2 Å². The van der Waals surface area contributed by atoms with Crippen LogP contribution >= 0.6 is 11.8 Å². The van der Waals surface area contributed by atoms with Gasteiger partial charge in [-0.25, -0.2) is 4.79 Å². The van der Waals surface area contributed by atoms with Gasteiger partial charge in [-0.1, -0.05) is 20.3 Å². The topological polar surface area (TPSA) is 188 Å². The first kappa shape index (κ1) is 28.7. The van der Waals surface area contributed by atoms with E-state index in [1.54, 1.807) is 6.92 Å². The smallest absolute Gasteiger partial charge is 0.326 e. The number of carbonyl (C=O) groups is 5. The molecule has 0 aromatic rings. The molecule has 0 radical (unpaired) electrons. The molecule has 0 aromatic heterocycles. The van der Waals surface area contributed by atoms with Crippen molar-refractivity contribution in [3.05, 3.63) is 0 Å². The molecular formula is C19H34N4O7S. The second-order valence-electron chi connectivity index (χ2n) is 7.32. The molecule has 178 valence electrons. The Bertz CT molecular complexity index is 647. The Morgan fingerprint density at radius 1 is 0.935 bits per heavy atom. The van der Waals surface area contributed by atoms with Crippen molar-refractivity contribution in [1.29, 1.82) is 0 Å². The van der Waals surface area contributed by atoms with Gasteiger partial charge >= 0.3 is 11.9 Å². The third-order valence-corrected chi connectivity index (χ3v) is 5.42. The maximum absolute atomic E-state index is 12.7. The summed E-state index contributed by atoms with van der Waals surface area (Å²) in [6.45, 7) is 4.92. The molecule has 0 fully saturated rings. The molecule has 0 heterocycles. The van der Waals surface area contributed by atoms with Crippen LogP contribution in [0.1, 0.15) is 46.5 Å². The van der Waals surface area contributed by atoms with Crippen LogP contribution in [0.15, 0.2) is 0 Å². The molecule has 0 spiro atoms. The molecule has 5 unspecified atom stereocenters. The van der Waals surface area contributed by atoms with Crippen LogP contribution in [-0.2, 0) is 24.0 Å². The highest BCUT2D eigenvalue weighted by molar-refractivity contribution is 7.98. The first-order chi connectivity index (χ1) is 14.4. The average molecular weight is 463 g/mol.